The van der Waals surface area contributed by atoms with Gasteiger partial charge in [-0.25, -0.2) is 0 Å². The first-order valence-corrected chi connectivity index (χ1v) is 7.92. The van der Waals surface area contributed by atoms with Crippen molar-refractivity contribution >= 4 is 0 Å². The van der Waals surface area contributed by atoms with Gasteiger partial charge in [-0.15, -0.1) is 0 Å². The monoisotopic (exact) mass is 240 g/mol. The quantitative estimate of drug-likeness (QED) is 0.580. The van der Waals surface area contributed by atoms with Gasteiger partial charge < -0.3 is 4.48 Å². The van der Waals surface area contributed by atoms with Crippen LogP contribution >= 0.6 is 0 Å². The molecule has 0 aromatic carbocycles. The minimum absolute atomic E-state index is 0.899. The van der Waals surface area contributed by atoms with Gasteiger partial charge >= 0.3 is 0 Å². The number of quaternary nitrogens is 1. The molecule has 17 heavy (non-hydrogen) atoms. The van der Waals surface area contributed by atoms with Crippen molar-refractivity contribution < 1.29 is 4.48 Å². The Morgan fingerprint density at radius 2 is 0.824 bits per heavy atom. The average molecular weight is 240 g/mol. The minimum atomic E-state index is 0.899. The second-order valence-electron chi connectivity index (χ2n) is 6.88. The summed E-state index contributed by atoms with van der Waals surface area (Å²) in [5, 5.41) is 0. The van der Waals surface area contributed by atoms with Crippen LogP contribution in [0.25, 0.3) is 0 Å². The van der Waals surface area contributed by atoms with Crippen molar-refractivity contribution in [2.75, 3.05) is 21.1 Å². The number of nitrogens with zero attached hydrogens (tertiary/aromatic N) is 1. The molecule has 1 fully saturated rings. The predicted octanol–water partition coefficient (Wildman–Crippen LogP) is 4.76. The van der Waals surface area contributed by atoms with Gasteiger partial charge in [-0.05, 0) is 25.7 Å². The van der Waals surface area contributed by atoms with Crippen molar-refractivity contribution in [1.82, 2.24) is 0 Å². The van der Waals surface area contributed by atoms with Crippen molar-refractivity contribution in [3.8, 4) is 0 Å². The third kappa shape index (κ3) is 7.08. The molecule has 1 aliphatic carbocycles. The molecule has 0 bridgehead atoms. The van der Waals surface area contributed by atoms with Crippen LogP contribution in [0.3, 0.4) is 0 Å². The standard InChI is InChI=1S/C16H34N/c1-17(2,3)16-14-12-10-8-6-4-5-7-9-11-13-15-16/h16H,4-15H2,1-3H3/q+1. The zero-order chi connectivity index (χ0) is 12.6. The van der Waals surface area contributed by atoms with Crippen molar-refractivity contribution in [1.29, 1.82) is 0 Å². The molecule has 1 rings (SSSR count). The largest absolute Gasteiger partial charge is 0.328 e. The Kier molecular flexibility index (Phi) is 7.18. The van der Waals surface area contributed by atoms with Crippen LogP contribution in [0.15, 0.2) is 0 Å². The van der Waals surface area contributed by atoms with Gasteiger partial charge in [0.2, 0.25) is 0 Å². The van der Waals surface area contributed by atoms with E-state index in [0.717, 1.165) is 6.04 Å². The Morgan fingerprint density at radius 3 is 1.12 bits per heavy atom. The molecule has 0 aromatic heterocycles. The lowest BCUT2D eigenvalue weighted by Gasteiger charge is -2.34. The molecule has 1 heteroatoms. The van der Waals surface area contributed by atoms with E-state index in [-0.39, 0.29) is 0 Å². The van der Waals surface area contributed by atoms with Crippen LogP contribution < -0.4 is 0 Å². The van der Waals surface area contributed by atoms with E-state index in [1.54, 1.807) is 0 Å². The Hall–Kier alpha value is -0.0400. The van der Waals surface area contributed by atoms with Crippen LogP contribution in [-0.2, 0) is 0 Å². The highest BCUT2D eigenvalue weighted by atomic mass is 15.3. The molecular weight excluding hydrogens is 206 g/mol. The molecule has 102 valence electrons. The maximum atomic E-state index is 2.38. The fourth-order valence-corrected chi connectivity index (χ4v) is 3.09. The first-order chi connectivity index (χ1) is 8.11. The molecule has 1 saturated carbocycles. The van der Waals surface area contributed by atoms with E-state index in [9.17, 15) is 0 Å². The number of rotatable bonds is 1. The van der Waals surface area contributed by atoms with Gasteiger partial charge in [0.15, 0.2) is 0 Å². The maximum Gasteiger partial charge on any atom is 0.0884 e. The smallest absolute Gasteiger partial charge is 0.0884 e. The summed E-state index contributed by atoms with van der Waals surface area (Å²) >= 11 is 0. The fraction of sp³-hybridized carbons (Fsp3) is 1.00. The van der Waals surface area contributed by atoms with Crippen molar-refractivity contribution in [3.05, 3.63) is 0 Å². The van der Waals surface area contributed by atoms with Crippen LogP contribution in [0.2, 0.25) is 0 Å². The first-order valence-electron chi connectivity index (χ1n) is 7.92. The van der Waals surface area contributed by atoms with Gasteiger partial charge in [-0.2, -0.15) is 0 Å². The predicted molar refractivity (Wildman–Crippen MR) is 77.2 cm³/mol. The first kappa shape index (κ1) is 15.0. The highest BCUT2D eigenvalue weighted by molar-refractivity contribution is 4.61. The molecule has 0 amide bonds. The van der Waals surface area contributed by atoms with Crippen LogP contribution in [0.5, 0.6) is 0 Å². The molecule has 0 aromatic rings. The molecule has 0 spiro atoms. The molecule has 1 nitrogen and oxygen atoms in total. The van der Waals surface area contributed by atoms with E-state index in [1.165, 1.54) is 81.5 Å². The lowest BCUT2D eigenvalue weighted by Crippen LogP contribution is -2.45. The normalized spacial score (nSPS) is 23.5. The third-order valence-corrected chi connectivity index (χ3v) is 4.42. The van der Waals surface area contributed by atoms with Crippen LogP contribution in [0.4, 0.5) is 0 Å². The summed E-state index contributed by atoms with van der Waals surface area (Å²) in [6, 6.07) is 0.899. The van der Waals surface area contributed by atoms with Crippen molar-refractivity contribution in [2.45, 2.75) is 83.1 Å². The topological polar surface area (TPSA) is 0 Å². The summed E-state index contributed by atoms with van der Waals surface area (Å²) in [6.07, 6.45) is 17.6. The summed E-state index contributed by atoms with van der Waals surface area (Å²) in [7, 11) is 7.13. The van der Waals surface area contributed by atoms with Crippen LogP contribution in [0.1, 0.15) is 77.0 Å². The molecule has 0 radical (unpaired) electrons. The van der Waals surface area contributed by atoms with Gasteiger partial charge in [0.05, 0.1) is 27.2 Å². The SMILES string of the molecule is C[N+](C)(C)C1CCCCCCCCCCCC1. The van der Waals surface area contributed by atoms with Gasteiger partial charge in [0.1, 0.15) is 0 Å². The van der Waals surface area contributed by atoms with E-state index >= 15 is 0 Å². The second-order valence-corrected chi connectivity index (χ2v) is 6.88. The van der Waals surface area contributed by atoms with Gasteiger partial charge in [0.25, 0.3) is 0 Å². The van der Waals surface area contributed by atoms with Crippen LogP contribution in [-0.4, -0.2) is 31.7 Å². The molecule has 0 saturated heterocycles. The average Bonchev–Trinajstić information content (AvgIpc) is 2.27. The van der Waals surface area contributed by atoms with Gasteiger partial charge in [-0.1, -0.05) is 51.4 Å². The van der Waals surface area contributed by atoms with Gasteiger partial charge in [0, 0.05) is 0 Å². The van der Waals surface area contributed by atoms with E-state index in [2.05, 4.69) is 21.1 Å². The molecule has 0 unspecified atom stereocenters. The fourth-order valence-electron chi connectivity index (χ4n) is 3.09. The summed E-state index contributed by atoms with van der Waals surface area (Å²) in [4.78, 5) is 0. The second kappa shape index (κ2) is 8.13. The Morgan fingerprint density at radius 1 is 0.529 bits per heavy atom. The van der Waals surface area contributed by atoms with E-state index in [4.69, 9.17) is 0 Å². The lowest BCUT2D eigenvalue weighted by atomic mass is 9.99. The van der Waals surface area contributed by atoms with Crippen molar-refractivity contribution in [3.63, 3.8) is 0 Å². The van der Waals surface area contributed by atoms with Gasteiger partial charge in [-0.3, -0.25) is 0 Å². The number of hydrogen-bond donors (Lipinski definition) is 0. The summed E-state index contributed by atoms with van der Waals surface area (Å²) in [5.41, 5.74) is 0. The zero-order valence-electron chi connectivity index (χ0n) is 12.5. The highest BCUT2D eigenvalue weighted by Gasteiger charge is 2.22. The maximum absolute atomic E-state index is 2.38. The molecule has 0 atom stereocenters. The van der Waals surface area contributed by atoms with Crippen LogP contribution in [0, 0.1) is 0 Å². The van der Waals surface area contributed by atoms with E-state index in [1.807, 2.05) is 0 Å². The Labute approximate surface area is 109 Å². The van der Waals surface area contributed by atoms with E-state index in [0.29, 0.717) is 0 Å². The lowest BCUT2D eigenvalue weighted by molar-refractivity contribution is -0.896. The summed E-state index contributed by atoms with van der Waals surface area (Å²) in [6.45, 7) is 0. The van der Waals surface area contributed by atoms with Crippen molar-refractivity contribution in [2.24, 2.45) is 0 Å². The zero-order valence-corrected chi connectivity index (χ0v) is 12.5. The summed E-state index contributed by atoms with van der Waals surface area (Å²) < 4.78 is 1.17. The molecule has 1 aliphatic rings. The summed E-state index contributed by atoms with van der Waals surface area (Å²) in [5.74, 6) is 0. The molecule has 0 aliphatic heterocycles. The molecule has 0 heterocycles. The number of hydrogen-bond acceptors (Lipinski definition) is 0. The Bertz CT molecular complexity index is 166. The highest BCUT2D eigenvalue weighted by Crippen LogP contribution is 2.21. The van der Waals surface area contributed by atoms with E-state index < -0.39 is 0 Å². The Balaban J connectivity index is 2.36. The molecular formula is C16H34N+. The molecule has 0 N–H and O–H groups in total. The third-order valence-electron chi connectivity index (χ3n) is 4.42. The minimum Gasteiger partial charge on any atom is -0.328 e.